The number of rotatable bonds is 4. The quantitative estimate of drug-likeness (QED) is 0.650. The number of hydrogen-bond donors (Lipinski definition) is 3. The van der Waals surface area contributed by atoms with Crippen LogP contribution in [-0.4, -0.2) is 53.0 Å². The van der Waals surface area contributed by atoms with E-state index in [-0.39, 0.29) is 11.6 Å². The summed E-state index contributed by atoms with van der Waals surface area (Å²) in [7, 11) is 0. The molecule has 1 atom stereocenters. The van der Waals surface area contributed by atoms with Crippen molar-refractivity contribution in [1.29, 1.82) is 0 Å². The largest absolute Gasteiger partial charge is 0.366 e. The van der Waals surface area contributed by atoms with Crippen LogP contribution in [0.4, 0.5) is 11.4 Å². The van der Waals surface area contributed by atoms with Crippen molar-refractivity contribution in [1.82, 2.24) is 14.9 Å². The minimum Gasteiger partial charge on any atom is -0.366 e. The molecular weight excluding hydrogens is 354 g/mol. The predicted molar refractivity (Wildman–Crippen MR) is 112 cm³/mol. The number of aryl methyl sites for hydroxylation is 1. The van der Waals surface area contributed by atoms with Gasteiger partial charge in [0.05, 0.1) is 17.6 Å². The van der Waals surface area contributed by atoms with Gasteiger partial charge in [-0.3, -0.25) is 9.69 Å². The molecule has 0 radical (unpaired) electrons. The number of nitrogens with zero attached hydrogens (tertiary/aromatic N) is 2. The number of H-pyrrole nitrogens is 2. The van der Waals surface area contributed by atoms with Gasteiger partial charge in [0, 0.05) is 37.1 Å². The maximum absolute atomic E-state index is 12.5. The number of nitrogens with one attached hydrogen (secondary N) is 3. The van der Waals surface area contributed by atoms with Crippen molar-refractivity contribution in [3.8, 4) is 0 Å². The van der Waals surface area contributed by atoms with Crippen molar-refractivity contribution in [2.24, 2.45) is 0 Å². The number of aromatic amines is 2. The van der Waals surface area contributed by atoms with E-state index in [1.165, 1.54) is 11.3 Å². The smallest absolute Gasteiger partial charge is 0.323 e. The first-order chi connectivity index (χ1) is 13.5. The Morgan fingerprint density at radius 3 is 2.75 bits per heavy atom. The maximum Gasteiger partial charge on any atom is 0.323 e. The Hall–Kier alpha value is -3.06. The lowest BCUT2D eigenvalue weighted by atomic mass is 10.1. The molecule has 1 saturated heterocycles. The predicted octanol–water partition coefficient (Wildman–Crippen LogP) is 2.31. The van der Waals surface area contributed by atoms with E-state index in [0.29, 0.717) is 23.8 Å². The van der Waals surface area contributed by atoms with Gasteiger partial charge >= 0.3 is 5.69 Å². The second kappa shape index (κ2) is 7.52. The van der Waals surface area contributed by atoms with Gasteiger partial charge in [0.1, 0.15) is 0 Å². The molecule has 7 nitrogen and oxygen atoms in total. The van der Waals surface area contributed by atoms with Crippen LogP contribution in [-0.2, 0) is 4.79 Å². The molecule has 0 saturated carbocycles. The van der Waals surface area contributed by atoms with Gasteiger partial charge < -0.3 is 20.2 Å². The number of hydrogen-bond acceptors (Lipinski definition) is 4. The molecule has 0 spiro atoms. The number of fused-ring (bicyclic) bond motifs is 1. The third-order valence-electron chi connectivity index (χ3n) is 5.21. The van der Waals surface area contributed by atoms with Crippen molar-refractivity contribution in [2.75, 3.05) is 36.4 Å². The van der Waals surface area contributed by atoms with E-state index in [4.69, 9.17) is 0 Å². The molecule has 1 aliphatic heterocycles. The standard InChI is InChI=1S/C21H25N5O2/c1-14-4-3-5-17(10-14)26-9-8-25(12-15(26)2)13-20(27)22-16-6-7-18-19(11-16)24-21(28)23-18/h3-7,10-11,15H,8-9,12-13H2,1-2H3,(H,22,27)(H2,23,24,28). The number of carbonyl (C=O) groups excluding carboxylic acids is 1. The van der Waals surface area contributed by atoms with E-state index in [1.54, 1.807) is 18.2 Å². The van der Waals surface area contributed by atoms with Crippen molar-refractivity contribution >= 4 is 28.3 Å². The van der Waals surface area contributed by atoms with E-state index < -0.39 is 0 Å². The Kier molecular flexibility index (Phi) is 4.92. The molecule has 1 aliphatic rings. The average molecular weight is 379 g/mol. The summed E-state index contributed by atoms with van der Waals surface area (Å²) in [6.07, 6.45) is 0. The van der Waals surface area contributed by atoms with Crippen LogP contribution in [0.5, 0.6) is 0 Å². The molecule has 4 rings (SSSR count). The van der Waals surface area contributed by atoms with Crippen LogP contribution in [0.3, 0.4) is 0 Å². The van der Waals surface area contributed by atoms with E-state index in [2.05, 4.69) is 63.2 Å². The summed E-state index contributed by atoms with van der Waals surface area (Å²) in [5, 5.41) is 2.93. The Morgan fingerprint density at radius 1 is 1.14 bits per heavy atom. The van der Waals surface area contributed by atoms with Crippen molar-refractivity contribution in [3.63, 3.8) is 0 Å². The highest BCUT2D eigenvalue weighted by Crippen LogP contribution is 2.21. The number of carbonyl (C=O) groups is 1. The van der Waals surface area contributed by atoms with Crippen LogP contribution in [0.2, 0.25) is 0 Å². The first-order valence-corrected chi connectivity index (χ1v) is 9.55. The van der Waals surface area contributed by atoms with Gasteiger partial charge in [0.2, 0.25) is 5.91 Å². The SMILES string of the molecule is Cc1cccc(N2CCN(CC(=O)Nc3ccc4[nH]c(=O)[nH]c4c3)CC2C)c1. The molecule has 2 aromatic carbocycles. The highest BCUT2D eigenvalue weighted by molar-refractivity contribution is 5.94. The molecule has 3 aromatic rings. The third kappa shape index (κ3) is 3.94. The summed E-state index contributed by atoms with van der Waals surface area (Å²) in [5.74, 6) is -0.0477. The lowest BCUT2D eigenvalue weighted by Gasteiger charge is -2.41. The van der Waals surface area contributed by atoms with Crippen LogP contribution in [0.25, 0.3) is 11.0 Å². The van der Waals surface area contributed by atoms with E-state index in [1.807, 2.05) is 0 Å². The molecule has 0 bridgehead atoms. The van der Waals surface area contributed by atoms with Crippen LogP contribution in [0.15, 0.2) is 47.3 Å². The van der Waals surface area contributed by atoms with Gasteiger partial charge in [0.15, 0.2) is 0 Å². The van der Waals surface area contributed by atoms with E-state index >= 15 is 0 Å². The Morgan fingerprint density at radius 2 is 1.96 bits per heavy atom. The zero-order chi connectivity index (χ0) is 19.7. The zero-order valence-corrected chi connectivity index (χ0v) is 16.2. The van der Waals surface area contributed by atoms with E-state index in [0.717, 1.165) is 25.2 Å². The summed E-state index contributed by atoms with van der Waals surface area (Å²) in [4.78, 5) is 33.8. The average Bonchev–Trinajstić information content (AvgIpc) is 3.01. The number of aromatic nitrogens is 2. The minimum atomic E-state index is -0.251. The summed E-state index contributed by atoms with van der Waals surface area (Å²) in [6, 6.07) is 14.2. The topological polar surface area (TPSA) is 84.2 Å². The first-order valence-electron chi connectivity index (χ1n) is 9.55. The van der Waals surface area contributed by atoms with Crippen LogP contribution < -0.4 is 15.9 Å². The fraction of sp³-hybridized carbons (Fsp3) is 0.333. The molecular formula is C21H25N5O2. The Labute approximate surface area is 163 Å². The highest BCUT2D eigenvalue weighted by atomic mass is 16.2. The fourth-order valence-corrected chi connectivity index (χ4v) is 3.88. The molecule has 146 valence electrons. The Bertz CT molecular complexity index is 1050. The number of imidazole rings is 1. The molecule has 1 aromatic heterocycles. The molecule has 1 amide bonds. The van der Waals surface area contributed by atoms with Gasteiger partial charge in [-0.25, -0.2) is 4.79 Å². The molecule has 3 N–H and O–H groups in total. The minimum absolute atomic E-state index is 0.0477. The van der Waals surface area contributed by atoms with Crippen LogP contribution in [0.1, 0.15) is 12.5 Å². The van der Waals surface area contributed by atoms with Gasteiger partial charge in [-0.15, -0.1) is 0 Å². The number of anilines is 2. The van der Waals surface area contributed by atoms with Crippen LogP contribution >= 0.6 is 0 Å². The van der Waals surface area contributed by atoms with Crippen LogP contribution in [0, 0.1) is 6.92 Å². The van der Waals surface area contributed by atoms with Gasteiger partial charge in [-0.05, 0) is 49.7 Å². The lowest BCUT2D eigenvalue weighted by molar-refractivity contribution is -0.117. The Balaban J connectivity index is 1.35. The van der Waals surface area contributed by atoms with Gasteiger partial charge in [-0.1, -0.05) is 12.1 Å². The fourth-order valence-electron chi connectivity index (χ4n) is 3.88. The lowest BCUT2D eigenvalue weighted by Crippen LogP contribution is -2.53. The highest BCUT2D eigenvalue weighted by Gasteiger charge is 2.25. The maximum atomic E-state index is 12.5. The number of piperazine rings is 1. The molecule has 0 aliphatic carbocycles. The number of amides is 1. The van der Waals surface area contributed by atoms with Crippen molar-refractivity contribution < 1.29 is 4.79 Å². The summed E-state index contributed by atoms with van der Waals surface area (Å²) < 4.78 is 0. The van der Waals surface area contributed by atoms with E-state index in [9.17, 15) is 9.59 Å². The van der Waals surface area contributed by atoms with Crippen molar-refractivity contribution in [3.05, 3.63) is 58.5 Å². The van der Waals surface area contributed by atoms with Crippen molar-refractivity contribution in [2.45, 2.75) is 19.9 Å². The second-order valence-electron chi connectivity index (χ2n) is 7.50. The normalized spacial score (nSPS) is 17.8. The summed E-state index contributed by atoms with van der Waals surface area (Å²) >= 11 is 0. The second-order valence-corrected chi connectivity index (χ2v) is 7.50. The molecule has 2 heterocycles. The summed E-state index contributed by atoms with van der Waals surface area (Å²) in [6.45, 7) is 7.24. The molecule has 1 fully saturated rings. The third-order valence-corrected chi connectivity index (χ3v) is 5.21. The monoisotopic (exact) mass is 379 g/mol. The van der Waals surface area contributed by atoms with Gasteiger partial charge in [0.25, 0.3) is 0 Å². The number of benzene rings is 2. The van der Waals surface area contributed by atoms with Gasteiger partial charge in [-0.2, -0.15) is 0 Å². The molecule has 7 heteroatoms. The first kappa shape index (κ1) is 18.3. The molecule has 28 heavy (non-hydrogen) atoms. The molecule has 1 unspecified atom stereocenters. The zero-order valence-electron chi connectivity index (χ0n) is 16.2. The summed E-state index contributed by atoms with van der Waals surface area (Å²) in [5.41, 5.74) is 4.34.